The van der Waals surface area contributed by atoms with Gasteiger partial charge in [-0.25, -0.2) is 9.97 Å². The van der Waals surface area contributed by atoms with Crippen molar-refractivity contribution in [1.29, 1.82) is 0 Å². The van der Waals surface area contributed by atoms with Crippen molar-refractivity contribution in [1.82, 2.24) is 19.4 Å². The summed E-state index contributed by atoms with van der Waals surface area (Å²) in [4.78, 5) is 23.7. The number of fused-ring (bicyclic) bond motifs is 1. The minimum Gasteiger partial charge on any atom is -0.494 e. The lowest BCUT2D eigenvalue weighted by Gasteiger charge is -2.26. The molecule has 43 heavy (non-hydrogen) atoms. The number of carbonyl (C=O) groups is 1. The van der Waals surface area contributed by atoms with E-state index in [0.717, 1.165) is 55.0 Å². The fourth-order valence-electron chi connectivity index (χ4n) is 4.57. The number of benzene rings is 2. The normalized spacial score (nSPS) is 12.7. The maximum atomic E-state index is 12.2. The highest BCUT2D eigenvalue weighted by Crippen LogP contribution is 2.38. The fraction of sp³-hybridized carbons (Fsp3) is 0.364. The second-order valence-electron chi connectivity index (χ2n) is 9.11. The highest BCUT2D eigenvalue weighted by Gasteiger charge is 2.17. The van der Waals surface area contributed by atoms with Crippen LogP contribution in [0.1, 0.15) is 27.7 Å². The van der Waals surface area contributed by atoms with Gasteiger partial charge in [0.1, 0.15) is 18.1 Å². The van der Waals surface area contributed by atoms with Crippen molar-refractivity contribution >= 4 is 34.1 Å². The zero-order valence-electron chi connectivity index (χ0n) is 26.1. The number of nitrogens with one attached hydrogen (secondary N) is 2. The Bertz CT molecular complexity index is 1480. The van der Waals surface area contributed by atoms with Crippen LogP contribution >= 0.6 is 0 Å². The summed E-state index contributed by atoms with van der Waals surface area (Å²) in [7, 11) is 3.59. The molecule has 2 aromatic carbocycles. The van der Waals surface area contributed by atoms with E-state index >= 15 is 0 Å². The van der Waals surface area contributed by atoms with Crippen molar-refractivity contribution in [2.75, 3.05) is 57.2 Å². The molecule has 0 spiro atoms. The maximum absolute atomic E-state index is 12.2. The quantitative estimate of drug-likeness (QED) is 0.209. The maximum Gasteiger partial charge on any atom is 0.247 e. The van der Waals surface area contributed by atoms with Gasteiger partial charge in [-0.3, -0.25) is 9.69 Å². The van der Waals surface area contributed by atoms with Gasteiger partial charge < -0.3 is 29.4 Å². The molecule has 10 nitrogen and oxygen atoms in total. The minimum atomic E-state index is -0.349. The first-order valence-electron chi connectivity index (χ1n) is 14.8. The molecule has 1 aliphatic heterocycles. The Kier molecular flexibility index (Phi) is 13.0. The van der Waals surface area contributed by atoms with Gasteiger partial charge in [0.25, 0.3) is 0 Å². The molecule has 0 atom stereocenters. The van der Waals surface area contributed by atoms with E-state index in [-0.39, 0.29) is 5.91 Å². The van der Waals surface area contributed by atoms with Gasteiger partial charge in [-0.1, -0.05) is 52.5 Å². The molecule has 4 aromatic rings. The Morgan fingerprint density at radius 3 is 2.53 bits per heavy atom. The van der Waals surface area contributed by atoms with Gasteiger partial charge >= 0.3 is 0 Å². The van der Waals surface area contributed by atoms with E-state index in [9.17, 15) is 4.79 Å². The van der Waals surface area contributed by atoms with Crippen LogP contribution in [0.2, 0.25) is 0 Å². The molecule has 0 bridgehead atoms. The number of methoxy groups -OCH3 is 1. The van der Waals surface area contributed by atoms with E-state index in [1.165, 1.54) is 6.08 Å². The Morgan fingerprint density at radius 1 is 1.07 bits per heavy atom. The third-order valence-corrected chi connectivity index (χ3v) is 6.59. The smallest absolute Gasteiger partial charge is 0.247 e. The summed E-state index contributed by atoms with van der Waals surface area (Å²) >= 11 is 0. The number of ether oxygens (including phenoxy) is 3. The summed E-state index contributed by atoms with van der Waals surface area (Å²) in [5, 5.41) is 7.18. The summed E-state index contributed by atoms with van der Waals surface area (Å²) in [6, 6.07) is 13.6. The van der Waals surface area contributed by atoms with Crippen LogP contribution in [0.4, 0.5) is 17.3 Å². The molecule has 10 heteroatoms. The largest absolute Gasteiger partial charge is 0.494 e. The molecule has 3 heterocycles. The fourth-order valence-corrected chi connectivity index (χ4v) is 4.57. The second-order valence-corrected chi connectivity index (χ2v) is 9.11. The van der Waals surface area contributed by atoms with Crippen LogP contribution in [0.5, 0.6) is 11.5 Å². The lowest BCUT2D eigenvalue weighted by atomic mass is 10.1. The molecule has 0 unspecified atom stereocenters. The van der Waals surface area contributed by atoms with E-state index in [1.807, 2.05) is 52.9 Å². The predicted octanol–water partition coefficient (Wildman–Crippen LogP) is 6.28. The highest BCUT2D eigenvalue weighted by molar-refractivity contribution is 6.00. The summed E-state index contributed by atoms with van der Waals surface area (Å²) in [6.45, 7) is 15.9. The first-order valence-corrected chi connectivity index (χ1v) is 14.8. The monoisotopic (exact) mass is 588 g/mol. The molecule has 5 rings (SSSR count). The average Bonchev–Trinajstić information content (AvgIpc) is 3.40. The zero-order valence-corrected chi connectivity index (χ0v) is 26.1. The lowest BCUT2D eigenvalue weighted by Crippen LogP contribution is -2.38. The van der Waals surface area contributed by atoms with Crippen LogP contribution in [0.3, 0.4) is 0 Å². The van der Waals surface area contributed by atoms with Crippen molar-refractivity contribution in [2.45, 2.75) is 27.7 Å². The molecule has 0 radical (unpaired) electrons. The van der Waals surface area contributed by atoms with E-state index < -0.39 is 0 Å². The van der Waals surface area contributed by atoms with Crippen LogP contribution < -0.4 is 20.1 Å². The van der Waals surface area contributed by atoms with Crippen LogP contribution in [-0.4, -0.2) is 71.9 Å². The van der Waals surface area contributed by atoms with E-state index in [0.29, 0.717) is 35.4 Å². The van der Waals surface area contributed by atoms with Gasteiger partial charge in [0.15, 0.2) is 0 Å². The first-order chi connectivity index (χ1) is 21.1. The second kappa shape index (κ2) is 16.9. The molecular formula is C33H44N6O4. The summed E-state index contributed by atoms with van der Waals surface area (Å²) in [5.41, 5.74) is 3.97. The number of aryl methyl sites for hydroxylation is 1. The number of rotatable bonds is 10. The van der Waals surface area contributed by atoms with Crippen molar-refractivity contribution < 1.29 is 19.0 Å². The van der Waals surface area contributed by atoms with Crippen LogP contribution in [0.15, 0.2) is 67.5 Å². The molecule has 1 saturated heterocycles. The first kappa shape index (κ1) is 33.1. The molecular weight excluding hydrogens is 544 g/mol. The van der Waals surface area contributed by atoms with Gasteiger partial charge in [0, 0.05) is 61.6 Å². The van der Waals surface area contributed by atoms with Gasteiger partial charge in [-0.05, 0) is 24.3 Å². The van der Waals surface area contributed by atoms with Crippen LogP contribution in [-0.2, 0) is 16.6 Å². The SMILES string of the molecule is C=CC(=O)Nc1cc(Nc2nccc(-c3cn(C)c4ccccc34)n2)c(OC)cc1OCCN1CCOCC1.CC.CC. The Balaban J connectivity index is 0.00000121. The Morgan fingerprint density at radius 2 is 1.81 bits per heavy atom. The molecule has 230 valence electrons. The summed E-state index contributed by atoms with van der Waals surface area (Å²) in [6.07, 6.45) is 4.98. The molecule has 0 saturated carbocycles. The van der Waals surface area contributed by atoms with Gasteiger partial charge in [-0.2, -0.15) is 0 Å². The van der Waals surface area contributed by atoms with Crippen molar-refractivity contribution in [2.24, 2.45) is 7.05 Å². The molecule has 1 aliphatic rings. The number of carbonyl (C=O) groups excluding carboxylic acids is 1. The van der Waals surface area contributed by atoms with Gasteiger partial charge in [0.2, 0.25) is 11.9 Å². The van der Waals surface area contributed by atoms with Crippen molar-refractivity contribution in [3.8, 4) is 22.8 Å². The number of nitrogens with zero attached hydrogens (tertiary/aromatic N) is 4. The highest BCUT2D eigenvalue weighted by atomic mass is 16.5. The number of amides is 1. The third kappa shape index (κ3) is 8.56. The van der Waals surface area contributed by atoms with Gasteiger partial charge in [0.05, 0.1) is 37.4 Å². The van der Waals surface area contributed by atoms with Crippen LogP contribution in [0.25, 0.3) is 22.2 Å². The topological polar surface area (TPSA) is 103 Å². The number of para-hydroxylation sites is 1. The molecule has 1 fully saturated rings. The van der Waals surface area contributed by atoms with Crippen molar-refractivity contribution in [3.63, 3.8) is 0 Å². The number of aromatic nitrogens is 3. The van der Waals surface area contributed by atoms with Gasteiger partial charge in [-0.15, -0.1) is 0 Å². The lowest BCUT2D eigenvalue weighted by molar-refractivity contribution is -0.111. The molecule has 2 aromatic heterocycles. The number of morpholine rings is 1. The average molecular weight is 589 g/mol. The van der Waals surface area contributed by atoms with E-state index in [1.54, 1.807) is 25.4 Å². The zero-order chi connectivity index (χ0) is 31.2. The minimum absolute atomic E-state index is 0.349. The Hall–Kier alpha value is -4.41. The predicted molar refractivity (Wildman–Crippen MR) is 174 cm³/mol. The number of hydrogen-bond acceptors (Lipinski definition) is 8. The third-order valence-electron chi connectivity index (χ3n) is 6.59. The number of anilines is 3. The number of hydrogen-bond donors (Lipinski definition) is 2. The van der Waals surface area contributed by atoms with E-state index in [2.05, 4.69) is 50.0 Å². The van der Waals surface area contributed by atoms with Crippen LogP contribution in [0, 0.1) is 0 Å². The molecule has 1 amide bonds. The summed E-state index contributed by atoms with van der Waals surface area (Å²) < 4.78 is 19.2. The molecule has 2 N–H and O–H groups in total. The van der Waals surface area contributed by atoms with E-state index in [4.69, 9.17) is 19.2 Å². The standard InChI is InChI=1S/C29H32N6O4.2C2H6/c1-4-28(36)31-24-17-23(26(37-3)18-27(24)39-16-13-35-11-14-38-15-12-35)33-29-30-10-9-22(32-29)21-19-34(2)25-8-6-5-7-20(21)25;2*1-2/h4-10,17-19H,1,11-16H2,2-3H3,(H,31,36)(H,30,32,33);2*1-2H3. The Labute approximate surface area is 254 Å². The van der Waals surface area contributed by atoms with Crippen molar-refractivity contribution in [3.05, 3.63) is 67.5 Å². The summed E-state index contributed by atoms with van der Waals surface area (Å²) in [5.74, 6) is 1.05. The molecule has 0 aliphatic carbocycles.